The fraction of sp³-hybridized carbons (Fsp3) is 0.637. The minimum atomic E-state index is -5.08. The van der Waals surface area contributed by atoms with Gasteiger partial charge in [0.05, 0.1) is 96.2 Å². The number of carboxylic acid groups (broad SMARTS) is 1. The second kappa shape index (κ2) is 39.9. The Morgan fingerprint density at radius 2 is 0.887 bits per heavy atom. The van der Waals surface area contributed by atoms with Gasteiger partial charge in [-0.05, 0) is 271 Å². The van der Waals surface area contributed by atoms with E-state index in [2.05, 4.69) is 103 Å². The van der Waals surface area contributed by atoms with Gasteiger partial charge >= 0.3 is 49.7 Å². The summed E-state index contributed by atoms with van der Waals surface area (Å²) in [6, 6.07) is 12.9. The number of anilines is 3. The van der Waals surface area contributed by atoms with E-state index in [0.717, 1.165) is 243 Å². The van der Waals surface area contributed by atoms with Gasteiger partial charge in [-0.1, -0.05) is 6.07 Å². The molecular formula is C91H127BBrF3N11O17+. The van der Waals surface area contributed by atoms with Crippen molar-refractivity contribution in [2.75, 3.05) is 81.8 Å². The van der Waals surface area contributed by atoms with Crippen molar-refractivity contribution in [3.63, 3.8) is 0 Å². The molecule has 3 aliphatic carbocycles. The van der Waals surface area contributed by atoms with Crippen LogP contribution in [0.5, 0.6) is 17.2 Å². The third-order valence-electron chi connectivity index (χ3n) is 25.6. The van der Waals surface area contributed by atoms with Crippen LogP contribution in [0.1, 0.15) is 246 Å². The fourth-order valence-electron chi connectivity index (χ4n) is 17.1. The number of nitrogens with one attached hydrogen (secondary N) is 3. The van der Waals surface area contributed by atoms with Crippen molar-refractivity contribution in [3.8, 4) is 39.8 Å². The van der Waals surface area contributed by atoms with Crippen molar-refractivity contribution < 1.29 is 98.8 Å². The lowest BCUT2D eigenvalue weighted by Gasteiger charge is -2.37. The number of hydrogen-bond donors (Lipinski definition) is 4. The number of nitrogens with zero attached hydrogens (tertiary/aromatic N) is 8. The van der Waals surface area contributed by atoms with E-state index < -0.39 is 41.7 Å². The first-order chi connectivity index (χ1) is 58.7. The third kappa shape index (κ3) is 22.5. The first-order valence-electron chi connectivity index (χ1n) is 44.2. The van der Waals surface area contributed by atoms with E-state index in [1.54, 1.807) is 19.6 Å². The van der Waals surface area contributed by atoms with Crippen LogP contribution < -0.4 is 39.7 Å². The molecule has 16 rings (SSSR count). The Kier molecular flexibility index (Phi) is 30.2. The Morgan fingerprint density at radius 3 is 1.23 bits per heavy atom. The smallest absolute Gasteiger partial charge is 0.490 e. The van der Waals surface area contributed by atoms with Crippen molar-refractivity contribution in [1.29, 1.82) is 0 Å². The Balaban J connectivity index is 0.000000150. The quantitative estimate of drug-likeness (QED) is 0.0512. The highest BCUT2D eigenvalue weighted by Crippen LogP contribution is 2.49. The number of rotatable bonds is 12. The van der Waals surface area contributed by atoms with Crippen LogP contribution in [0.25, 0.3) is 22.5 Å². The van der Waals surface area contributed by atoms with Crippen LogP contribution in [0.4, 0.5) is 54.2 Å². The zero-order valence-corrected chi connectivity index (χ0v) is 76.5. The van der Waals surface area contributed by atoms with Gasteiger partial charge in [0.15, 0.2) is 18.8 Å². The molecule has 2 aromatic heterocycles. The number of aromatic nitrogens is 4. The number of imidazole rings is 2. The molecule has 5 aromatic rings. The molecule has 5 amide bonds. The lowest BCUT2D eigenvalue weighted by atomic mass is 9.75. The minimum absolute atomic E-state index is 0.0580. The number of alkyl halides is 3. The molecule has 3 atom stereocenters. The number of carbonyl (C=O) groups is 6. The number of halogens is 4. The van der Waals surface area contributed by atoms with Gasteiger partial charge in [-0.15, -0.1) is 0 Å². The van der Waals surface area contributed by atoms with Gasteiger partial charge in [0, 0.05) is 108 Å². The molecule has 4 saturated heterocycles. The predicted octanol–water partition coefficient (Wildman–Crippen LogP) is 17.6. The number of H-pyrrole nitrogens is 2. The van der Waals surface area contributed by atoms with Crippen molar-refractivity contribution >= 4 is 88.2 Å². The molecule has 10 heterocycles. The third-order valence-corrected chi connectivity index (χ3v) is 26.1. The minimum Gasteiger partial charge on any atom is -0.490 e. The first-order valence-corrected chi connectivity index (χ1v) is 45.0. The number of carboxylic acids is 1. The van der Waals surface area contributed by atoms with Gasteiger partial charge in [-0.25, -0.2) is 43.3 Å². The summed E-state index contributed by atoms with van der Waals surface area (Å²) in [5, 5.41) is 10.5. The summed E-state index contributed by atoms with van der Waals surface area (Å²) in [7, 11) is 3.80. The van der Waals surface area contributed by atoms with E-state index >= 15 is 0 Å². The Labute approximate surface area is 735 Å². The normalized spacial score (nSPS) is 21.6. The van der Waals surface area contributed by atoms with Crippen molar-refractivity contribution in [3.05, 3.63) is 87.7 Å². The van der Waals surface area contributed by atoms with E-state index in [9.17, 15) is 37.1 Å². The molecule has 3 saturated carbocycles. The highest BCUT2D eigenvalue weighted by Gasteiger charge is 2.54. The summed E-state index contributed by atoms with van der Waals surface area (Å²) in [5.41, 5.74) is 8.92. The lowest BCUT2D eigenvalue weighted by molar-refractivity contribution is -0.553. The van der Waals surface area contributed by atoms with Crippen LogP contribution in [0.3, 0.4) is 0 Å². The second-order valence-corrected chi connectivity index (χ2v) is 38.1. The number of amides is 5. The van der Waals surface area contributed by atoms with Crippen LogP contribution in [-0.2, 0) is 57.1 Å². The number of aliphatic carboxylic acids is 1. The SMILES string of the molecule is CC(C)(C)OC(=O)N1CCC([N+]2=CC(Br)=CC2)CC1.COC(=O)N1c2ccc(-c3cnc(C4CCN(C(=O)OC(C)(C)C)CC4)[nH]3)c(OC3CCC3)c2CC[C@@H]1C.COC(=O)N1c2ccc(-c3cnc(C4CCNCC4)[nH]3)c(OC3CCC3)c2CC[C@@H]1C.COC(=O)N1c2ccc(B3OC(C)(C)C(C)(C)O3)c(OC3CCC3)c2CC[C@@H]1C.O=C(O)C(F)(F)F. The summed E-state index contributed by atoms with van der Waals surface area (Å²) in [6.07, 6.45) is 23.3. The van der Waals surface area contributed by atoms with Crippen molar-refractivity contribution in [2.24, 2.45) is 0 Å². The van der Waals surface area contributed by atoms with Gasteiger partial charge in [0.1, 0.15) is 40.1 Å². The Morgan fingerprint density at radius 1 is 0.524 bits per heavy atom. The molecule has 7 fully saturated rings. The molecule has 11 aliphatic rings. The largest absolute Gasteiger partial charge is 0.498 e. The zero-order chi connectivity index (χ0) is 89.5. The van der Waals surface area contributed by atoms with E-state index in [-0.39, 0.29) is 72.8 Å². The van der Waals surface area contributed by atoms with Crippen LogP contribution in [0, 0.1) is 0 Å². The van der Waals surface area contributed by atoms with E-state index in [4.69, 9.17) is 67.1 Å². The molecule has 28 nitrogen and oxygen atoms in total. The maximum Gasteiger partial charge on any atom is 0.498 e. The molecular weight excluding hydrogens is 1670 g/mol. The second-order valence-electron chi connectivity index (χ2n) is 37.2. The monoisotopic (exact) mass is 1790 g/mol. The van der Waals surface area contributed by atoms with E-state index in [1.165, 1.54) is 40.6 Å². The van der Waals surface area contributed by atoms with E-state index in [1.807, 2.05) is 89.2 Å². The summed E-state index contributed by atoms with van der Waals surface area (Å²) in [6.45, 7) is 31.7. The van der Waals surface area contributed by atoms with Crippen LogP contribution in [0.2, 0.25) is 0 Å². The molecule has 678 valence electrons. The average Bonchev–Trinajstić information content (AvgIpc) is 1.53. The molecule has 0 radical (unpaired) electrons. The summed E-state index contributed by atoms with van der Waals surface area (Å²) < 4.78 is 93.7. The molecule has 4 N–H and O–H groups in total. The number of carbonyl (C=O) groups excluding carboxylic acids is 5. The Bertz CT molecular complexity index is 4640. The number of ether oxygens (including phenoxy) is 8. The summed E-state index contributed by atoms with van der Waals surface area (Å²) in [5.74, 6) is 2.53. The number of aromatic amines is 2. The predicted molar refractivity (Wildman–Crippen MR) is 470 cm³/mol. The molecule has 33 heteroatoms. The van der Waals surface area contributed by atoms with Gasteiger partial charge in [-0.2, -0.15) is 13.2 Å². The lowest BCUT2D eigenvalue weighted by Crippen LogP contribution is -2.45. The molecule has 8 aliphatic heterocycles. The highest BCUT2D eigenvalue weighted by atomic mass is 79.9. The first kappa shape index (κ1) is 94.1. The van der Waals surface area contributed by atoms with Gasteiger partial charge in [0.2, 0.25) is 0 Å². The number of fused-ring (bicyclic) bond motifs is 3. The van der Waals surface area contributed by atoms with Crippen molar-refractivity contribution in [1.82, 2.24) is 35.1 Å². The highest BCUT2D eigenvalue weighted by molar-refractivity contribution is 9.12. The number of hydrogen-bond acceptors (Lipinski definition) is 19. The van der Waals surface area contributed by atoms with Crippen molar-refractivity contribution in [2.45, 2.75) is 308 Å². The number of allylic oxidation sites excluding steroid dienone is 1. The zero-order valence-electron chi connectivity index (χ0n) is 74.9. The van der Waals surface area contributed by atoms with Crippen LogP contribution >= 0.6 is 15.9 Å². The molecule has 0 spiro atoms. The van der Waals surface area contributed by atoms with Crippen LogP contribution in [-0.4, -0.2) is 227 Å². The van der Waals surface area contributed by atoms with Gasteiger partial charge in [0.25, 0.3) is 0 Å². The molecule has 3 aromatic carbocycles. The standard InChI is InChI=1S/C29H40N4O5.C24H32N4O3.C22H32BNO5.C14H22BrN2O2.C2HF3O2/c1-18-9-10-22-24(33(18)28(35)36-5)12-11-21(25(22)37-20-7-6-8-20)23-17-30-26(31-23)19-13-15-32(16-14-19)27(34)38-29(2,3)4;1-15-6-7-19-21(28(15)24(29)30-2)9-8-18(22(19)31-17-4-3-5-17)20-14-26-23(27-20)16-10-12-25-13-11-16;1-14-10-11-16-18(24(14)20(25)26-6)13-12-17(19(16)27-15-8-7-9-15)23-28-21(2,3)22(4,5)29-23;1-14(2,3)19-13(18)16-8-5-12(6-9-16)17-7-4-11(15)10-17;3-2(4,5)1(6)7/h11-12,17-20H,6-10,13-16H2,1-5H3,(H,30,31);8-9,14-17,25H,3-7,10-13H2,1-2H3,(H,26,27);12-15H,7-11H2,1-6H3;4,10,12H,5-9H2,1-3H3;(H,6,7)/q;;;+1;/t18-;15-;14-;;/m000../s1. The van der Waals surface area contributed by atoms with Gasteiger partial charge < -0.3 is 77.4 Å². The maximum atomic E-state index is 12.6. The number of benzene rings is 3. The average molecular weight is 1790 g/mol. The fourth-order valence-corrected chi connectivity index (χ4v) is 17.5. The number of methoxy groups -OCH3 is 3. The summed E-state index contributed by atoms with van der Waals surface area (Å²) in [4.78, 5) is 96.4. The molecule has 0 unspecified atom stereocenters. The number of likely N-dealkylation sites (tertiary alicyclic amines) is 2. The summed E-state index contributed by atoms with van der Waals surface area (Å²) >= 11 is 3.49. The van der Waals surface area contributed by atoms with Gasteiger partial charge in [-0.3, -0.25) is 14.7 Å². The van der Waals surface area contributed by atoms with E-state index in [0.29, 0.717) is 25.0 Å². The maximum absolute atomic E-state index is 12.6. The molecule has 124 heavy (non-hydrogen) atoms. The molecule has 0 bridgehead atoms. The van der Waals surface area contributed by atoms with Crippen LogP contribution in [0.15, 0.2) is 59.4 Å². The number of piperidine rings is 3. The topological polar surface area (TPSA) is 304 Å². The Hall–Kier alpha value is -9.08.